The van der Waals surface area contributed by atoms with Crippen molar-refractivity contribution < 1.29 is 4.79 Å². The number of carbonyl (C=O) groups excluding carboxylic acids is 1. The van der Waals surface area contributed by atoms with Crippen LogP contribution in [0.25, 0.3) is 0 Å². The van der Waals surface area contributed by atoms with Gasteiger partial charge in [0.1, 0.15) is 0 Å². The second-order valence-electron chi connectivity index (χ2n) is 6.54. The summed E-state index contributed by atoms with van der Waals surface area (Å²) in [4.78, 5) is 14.2. The van der Waals surface area contributed by atoms with Crippen molar-refractivity contribution in [2.45, 2.75) is 64.7 Å². The fourth-order valence-electron chi connectivity index (χ4n) is 3.62. The maximum atomic E-state index is 12.1. The molecule has 2 fully saturated rings. The summed E-state index contributed by atoms with van der Waals surface area (Å²) < 4.78 is 0. The van der Waals surface area contributed by atoms with Crippen LogP contribution >= 0.6 is 0 Å². The minimum atomic E-state index is 0.385. The third kappa shape index (κ3) is 3.71. The molecule has 0 aromatic rings. The van der Waals surface area contributed by atoms with E-state index in [1.165, 1.54) is 44.9 Å². The maximum Gasteiger partial charge on any atom is 0.222 e. The largest absolute Gasteiger partial charge is 0.343 e. The predicted molar refractivity (Wildman–Crippen MR) is 78.8 cm³/mol. The molecule has 1 aliphatic heterocycles. The monoisotopic (exact) mass is 266 g/mol. The summed E-state index contributed by atoms with van der Waals surface area (Å²) in [5.74, 6) is 1.13. The SMILES string of the molecule is CCCCCCCC(=O)N1CCC2(CC1)CC2CN. The molecule has 19 heavy (non-hydrogen) atoms. The molecule has 1 amide bonds. The zero-order valence-electron chi connectivity index (χ0n) is 12.5. The van der Waals surface area contributed by atoms with E-state index in [1.54, 1.807) is 0 Å². The smallest absolute Gasteiger partial charge is 0.222 e. The molecule has 3 heteroatoms. The van der Waals surface area contributed by atoms with Crippen molar-refractivity contribution in [1.29, 1.82) is 0 Å². The van der Waals surface area contributed by atoms with Crippen LogP contribution in [0.15, 0.2) is 0 Å². The average molecular weight is 266 g/mol. The molecule has 110 valence electrons. The number of rotatable bonds is 7. The Morgan fingerprint density at radius 2 is 1.89 bits per heavy atom. The summed E-state index contributed by atoms with van der Waals surface area (Å²) in [5.41, 5.74) is 6.29. The van der Waals surface area contributed by atoms with Gasteiger partial charge in [-0.1, -0.05) is 32.6 Å². The Labute approximate surface area is 117 Å². The summed E-state index contributed by atoms with van der Waals surface area (Å²) in [6, 6.07) is 0. The van der Waals surface area contributed by atoms with Crippen LogP contribution in [0, 0.1) is 11.3 Å². The molecule has 0 aromatic carbocycles. The van der Waals surface area contributed by atoms with E-state index < -0.39 is 0 Å². The molecule has 1 aliphatic carbocycles. The van der Waals surface area contributed by atoms with Crippen LogP contribution in [0.5, 0.6) is 0 Å². The van der Waals surface area contributed by atoms with Crippen molar-refractivity contribution in [2.75, 3.05) is 19.6 Å². The van der Waals surface area contributed by atoms with Crippen molar-refractivity contribution in [3.8, 4) is 0 Å². The Balaban J connectivity index is 1.60. The Bertz CT molecular complexity index is 295. The minimum Gasteiger partial charge on any atom is -0.343 e. The second kappa shape index (κ2) is 6.74. The average Bonchev–Trinajstić information content (AvgIpc) is 3.12. The van der Waals surface area contributed by atoms with Gasteiger partial charge in [0.15, 0.2) is 0 Å². The number of carbonyl (C=O) groups is 1. The zero-order chi connectivity index (χ0) is 13.7. The number of nitrogens with zero attached hydrogens (tertiary/aromatic N) is 1. The van der Waals surface area contributed by atoms with Crippen LogP contribution in [0.2, 0.25) is 0 Å². The third-order valence-corrected chi connectivity index (χ3v) is 5.25. The first-order valence-electron chi connectivity index (χ1n) is 8.19. The number of nitrogens with two attached hydrogens (primary N) is 1. The molecule has 1 unspecified atom stereocenters. The van der Waals surface area contributed by atoms with E-state index in [4.69, 9.17) is 5.73 Å². The lowest BCUT2D eigenvalue weighted by Crippen LogP contribution is -2.39. The number of unbranched alkanes of at least 4 members (excludes halogenated alkanes) is 4. The molecular weight excluding hydrogens is 236 g/mol. The Kier molecular flexibility index (Phi) is 5.26. The lowest BCUT2D eigenvalue weighted by molar-refractivity contribution is -0.133. The summed E-state index contributed by atoms with van der Waals surface area (Å²) >= 11 is 0. The van der Waals surface area contributed by atoms with Crippen LogP contribution < -0.4 is 5.73 Å². The number of likely N-dealkylation sites (tertiary alicyclic amines) is 1. The fourth-order valence-corrected chi connectivity index (χ4v) is 3.62. The maximum absolute atomic E-state index is 12.1. The van der Waals surface area contributed by atoms with Gasteiger partial charge in [-0.15, -0.1) is 0 Å². The number of amides is 1. The van der Waals surface area contributed by atoms with Gasteiger partial charge >= 0.3 is 0 Å². The van der Waals surface area contributed by atoms with Gasteiger partial charge in [0.2, 0.25) is 5.91 Å². The van der Waals surface area contributed by atoms with E-state index in [1.807, 2.05) is 0 Å². The molecular formula is C16H30N2O. The second-order valence-corrected chi connectivity index (χ2v) is 6.54. The summed E-state index contributed by atoms with van der Waals surface area (Å²) in [6.07, 6.45) is 10.6. The van der Waals surface area contributed by atoms with Crippen LogP contribution in [-0.4, -0.2) is 30.4 Å². The molecule has 2 N–H and O–H groups in total. The van der Waals surface area contributed by atoms with E-state index in [2.05, 4.69) is 11.8 Å². The van der Waals surface area contributed by atoms with Crippen LogP contribution in [-0.2, 0) is 4.79 Å². The number of piperidine rings is 1. The summed E-state index contributed by atoms with van der Waals surface area (Å²) in [6.45, 7) is 5.02. The first-order chi connectivity index (χ1) is 9.22. The summed E-state index contributed by atoms with van der Waals surface area (Å²) in [7, 11) is 0. The van der Waals surface area contributed by atoms with Crippen LogP contribution in [0.1, 0.15) is 64.7 Å². The van der Waals surface area contributed by atoms with E-state index in [9.17, 15) is 4.79 Å². The first kappa shape index (κ1) is 14.8. The highest BCUT2D eigenvalue weighted by Crippen LogP contribution is 2.58. The van der Waals surface area contributed by atoms with Crippen LogP contribution in [0.3, 0.4) is 0 Å². The zero-order valence-corrected chi connectivity index (χ0v) is 12.5. The molecule has 1 atom stereocenters. The van der Waals surface area contributed by atoms with Crippen molar-refractivity contribution in [2.24, 2.45) is 17.1 Å². The molecule has 0 bridgehead atoms. The van der Waals surface area contributed by atoms with Crippen molar-refractivity contribution in [1.82, 2.24) is 4.90 Å². The number of hydrogen-bond acceptors (Lipinski definition) is 2. The van der Waals surface area contributed by atoms with Gasteiger partial charge in [-0.05, 0) is 43.6 Å². The predicted octanol–water partition coefficient (Wildman–Crippen LogP) is 2.93. The molecule has 1 saturated carbocycles. The van der Waals surface area contributed by atoms with Crippen molar-refractivity contribution in [3.63, 3.8) is 0 Å². The lowest BCUT2D eigenvalue weighted by Gasteiger charge is -2.33. The van der Waals surface area contributed by atoms with E-state index in [-0.39, 0.29) is 0 Å². The molecule has 1 spiro atoms. The van der Waals surface area contributed by atoms with E-state index >= 15 is 0 Å². The van der Waals surface area contributed by atoms with Gasteiger partial charge in [-0.25, -0.2) is 0 Å². The van der Waals surface area contributed by atoms with Crippen molar-refractivity contribution >= 4 is 5.91 Å². The highest BCUT2D eigenvalue weighted by molar-refractivity contribution is 5.76. The highest BCUT2D eigenvalue weighted by Gasteiger charge is 2.53. The van der Waals surface area contributed by atoms with Gasteiger partial charge in [-0.3, -0.25) is 4.79 Å². The lowest BCUT2D eigenvalue weighted by atomic mass is 9.90. The first-order valence-corrected chi connectivity index (χ1v) is 8.19. The molecule has 3 nitrogen and oxygen atoms in total. The quantitative estimate of drug-likeness (QED) is 0.720. The van der Waals surface area contributed by atoms with Gasteiger partial charge in [0.05, 0.1) is 0 Å². The standard InChI is InChI=1S/C16H30N2O/c1-2-3-4-5-6-7-15(19)18-10-8-16(9-11-18)12-14(16)13-17/h14H,2-13,17H2,1H3. The topological polar surface area (TPSA) is 46.3 Å². The summed E-state index contributed by atoms with van der Waals surface area (Å²) in [5, 5.41) is 0. The molecule has 2 aliphatic rings. The van der Waals surface area contributed by atoms with E-state index in [0.29, 0.717) is 11.3 Å². The van der Waals surface area contributed by atoms with Gasteiger partial charge in [0, 0.05) is 19.5 Å². The molecule has 0 radical (unpaired) electrons. The van der Waals surface area contributed by atoms with Crippen molar-refractivity contribution in [3.05, 3.63) is 0 Å². The van der Waals surface area contributed by atoms with Crippen LogP contribution in [0.4, 0.5) is 0 Å². The molecule has 1 saturated heterocycles. The van der Waals surface area contributed by atoms with Gasteiger partial charge in [0.25, 0.3) is 0 Å². The Hall–Kier alpha value is -0.570. The molecule has 1 heterocycles. The van der Waals surface area contributed by atoms with Gasteiger partial charge < -0.3 is 10.6 Å². The van der Waals surface area contributed by atoms with E-state index in [0.717, 1.165) is 38.4 Å². The third-order valence-electron chi connectivity index (χ3n) is 5.25. The molecule has 0 aromatic heterocycles. The Morgan fingerprint density at radius 1 is 1.21 bits per heavy atom. The minimum absolute atomic E-state index is 0.385. The highest BCUT2D eigenvalue weighted by atomic mass is 16.2. The number of hydrogen-bond donors (Lipinski definition) is 1. The molecule has 2 rings (SSSR count). The fraction of sp³-hybridized carbons (Fsp3) is 0.938. The van der Waals surface area contributed by atoms with Gasteiger partial charge in [-0.2, -0.15) is 0 Å². The normalized spacial score (nSPS) is 24.7. The Morgan fingerprint density at radius 3 is 2.47 bits per heavy atom.